The van der Waals surface area contributed by atoms with Crippen LogP contribution in [0.15, 0.2) is 115 Å². The number of nitrogens with one attached hydrogen (secondary N) is 1. The third kappa shape index (κ3) is 12.7. The van der Waals surface area contributed by atoms with Gasteiger partial charge in [0, 0.05) is 32.9 Å². The van der Waals surface area contributed by atoms with E-state index < -0.39 is 36.3 Å². The molecular weight excluding hydrogens is 752 g/mol. The Balaban J connectivity index is 1.41. The summed E-state index contributed by atoms with van der Waals surface area (Å²) < 4.78 is 27.1. The Bertz CT molecular complexity index is 2060. The van der Waals surface area contributed by atoms with Gasteiger partial charge in [-0.15, -0.1) is 0 Å². The second-order valence-corrected chi connectivity index (χ2v) is 13.0. The molecule has 0 saturated heterocycles. The molecule has 1 unspecified atom stereocenters. The molecule has 14 heteroatoms. The maximum absolute atomic E-state index is 14.0. The fourth-order valence-electron chi connectivity index (χ4n) is 5.47. The molecule has 1 aromatic heterocycles. The number of aromatic nitrogens is 2. The molecule has 1 heterocycles. The van der Waals surface area contributed by atoms with Gasteiger partial charge in [0.05, 0.1) is 25.2 Å². The van der Waals surface area contributed by atoms with Crippen LogP contribution in [0.2, 0.25) is 5.15 Å². The number of esters is 3. The summed E-state index contributed by atoms with van der Waals surface area (Å²) >= 11 is 6.68. The molecule has 1 atom stereocenters. The number of hydrogen-bond donors (Lipinski definition) is 1. The number of amides is 1. The summed E-state index contributed by atoms with van der Waals surface area (Å²) in [5.41, 5.74) is 3.15. The van der Waals surface area contributed by atoms with E-state index in [4.69, 9.17) is 35.3 Å². The molecule has 0 radical (unpaired) electrons. The zero-order valence-corrected chi connectivity index (χ0v) is 32.4. The zero-order valence-electron chi connectivity index (χ0n) is 31.6. The quantitative estimate of drug-likeness (QED) is 0.0702. The molecule has 0 aliphatic heterocycles. The third-order valence-electron chi connectivity index (χ3n) is 8.51. The number of halogens is 1. The SMILES string of the molecule is COCCN(CCOC)c1nc(C(=O)NC(CC(=O)OCc2ccccc2)C(=O)OCc2ccccc2)c(Cl)nc1-c1ccc(C(=O)OCc2ccccc2)cc1. The Morgan fingerprint density at radius 3 is 1.70 bits per heavy atom. The molecule has 296 valence electrons. The van der Waals surface area contributed by atoms with E-state index in [-0.39, 0.29) is 36.5 Å². The van der Waals surface area contributed by atoms with E-state index in [1.807, 2.05) is 59.5 Å². The predicted octanol–water partition coefficient (Wildman–Crippen LogP) is 6.23. The molecule has 5 aromatic rings. The predicted molar refractivity (Wildman–Crippen MR) is 212 cm³/mol. The number of rotatable bonds is 20. The Hall–Kier alpha value is -6.15. The molecule has 0 aliphatic carbocycles. The van der Waals surface area contributed by atoms with E-state index in [2.05, 4.69) is 15.3 Å². The number of benzene rings is 4. The zero-order chi connectivity index (χ0) is 40.4. The Morgan fingerprint density at radius 2 is 1.18 bits per heavy atom. The maximum atomic E-state index is 14.0. The van der Waals surface area contributed by atoms with Crippen molar-refractivity contribution < 1.29 is 42.9 Å². The molecule has 1 N–H and O–H groups in total. The summed E-state index contributed by atoms with van der Waals surface area (Å²) in [5, 5.41) is 2.30. The molecular formula is C43H43ClN4O9. The van der Waals surface area contributed by atoms with Gasteiger partial charge in [0.15, 0.2) is 16.7 Å². The van der Waals surface area contributed by atoms with Crippen molar-refractivity contribution >= 4 is 41.2 Å². The number of nitrogens with zero attached hydrogens (tertiary/aromatic N) is 3. The van der Waals surface area contributed by atoms with Crippen molar-refractivity contribution in [3.63, 3.8) is 0 Å². The van der Waals surface area contributed by atoms with Crippen LogP contribution in [-0.2, 0) is 53.1 Å². The summed E-state index contributed by atoms with van der Waals surface area (Å²) in [6, 6.07) is 32.4. The van der Waals surface area contributed by atoms with E-state index in [1.54, 1.807) is 74.9 Å². The standard InChI is InChI=1S/C43H43ClN4O9/c1-53-24-22-48(23-25-54-2)40-37(33-18-20-34(21-19-33)42(51)56-28-31-14-8-4-9-15-31)46-39(44)38(47-40)41(50)45-35(43(52)57-29-32-16-10-5-11-17-32)26-36(49)55-27-30-12-6-3-7-13-30/h3-21,35H,22-29H2,1-2H3,(H,45,50). The largest absolute Gasteiger partial charge is 0.461 e. The van der Waals surface area contributed by atoms with Crippen LogP contribution in [0.4, 0.5) is 5.82 Å². The molecule has 0 spiro atoms. The van der Waals surface area contributed by atoms with Crippen LogP contribution in [0.3, 0.4) is 0 Å². The van der Waals surface area contributed by atoms with Gasteiger partial charge in [-0.05, 0) is 28.8 Å². The van der Waals surface area contributed by atoms with E-state index in [0.717, 1.165) is 11.1 Å². The molecule has 0 saturated carbocycles. The van der Waals surface area contributed by atoms with E-state index in [9.17, 15) is 19.2 Å². The van der Waals surface area contributed by atoms with Gasteiger partial charge in [-0.2, -0.15) is 0 Å². The second kappa shape index (κ2) is 21.8. The average molecular weight is 795 g/mol. The van der Waals surface area contributed by atoms with Crippen LogP contribution in [-0.4, -0.2) is 80.3 Å². The van der Waals surface area contributed by atoms with Crippen molar-refractivity contribution in [2.75, 3.05) is 45.4 Å². The van der Waals surface area contributed by atoms with Gasteiger partial charge in [0.25, 0.3) is 5.91 Å². The Morgan fingerprint density at radius 1 is 0.667 bits per heavy atom. The number of anilines is 1. The summed E-state index contributed by atoms with van der Waals surface area (Å²) in [4.78, 5) is 64.4. The van der Waals surface area contributed by atoms with Crippen molar-refractivity contribution in [3.05, 3.63) is 148 Å². The Labute approximate surface area is 335 Å². The highest BCUT2D eigenvalue weighted by atomic mass is 35.5. The summed E-state index contributed by atoms with van der Waals surface area (Å²) in [7, 11) is 3.11. The van der Waals surface area contributed by atoms with Crippen molar-refractivity contribution in [1.82, 2.24) is 15.3 Å². The number of carbonyl (C=O) groups excluding carboxylic acids is 4. The summed E-state index contributed by atoms with van der Waals surface area (Å²) in [5.74, 6) is -2.75. The lowest BCUT2D eigenvalue weighted by molar-refractivity contribution is -0.153. The molecule has 0 fully saturated rings. The summed E-state index contributed by atoms with van der Waals surface area (Å²) in [6.07, 6.45) is -0.532. The fraction of sp³-hybridized carbons (Fsp3) is 0.256. The van der Waals surface area contributed by atoms with Crippen molar-refractivity contribution in [1.29, 1.82) is 0 Å². The van der Waals surface area contributed by atoms with Crippen LogP contribution in [0.25, 0.3) is 11.3 Å². The first-order valence-corrected chi connectivity index (χ1v) is 18.5. The number of ether oxygens (including phenoxy) is 5. The highest BCUT2D eigenvalue weighted by Crippen LogP contribution is 2.31. The lowest BCUT2D eigenvalue weighted by Gasteiger charge is -2.26. The summed E-state index contributed by atoms with van der Waals surface area (Å²) in [6.45, 7) is 1.23. The molecule has 0 aliphatic rings. The van der Waals surface area contributed by atoms with Gasteiger partial charge in [-0.3, -0.25) is 9.59 Å². The molecule has 1 amide bonds. The monoisotopic (exact) mass is 794 g/mol. The molecule has 13 nitrogen and oxygen atoms in total. The third-order valence-corrected chi connectivity index (χ3v) is 8.78. The maximum Gasteiger partial charge on any atom is 0.338 e. The highest BCUT2D eigenvalue weighted by Gasteiger charge is 2.30. The first-order chi connectivity index (χ1) is 27.7. The number of carbonyl (C=O) groups is 4. The topological polar surface area (TPSA) is 155 Å². The van der Waals surface area contributed by atoms with Crippen molar-refractivity contribution in [2.24, 2.45) is 0 Å². The second-order valence-electron chi connectivity index (χ2n) is 12.6. The normalized spacial score (nSPS) is 11.3. The Kier molecular flexibility index (Phi) is 16.1. The first-order valence-electron chi connectivity index (χ1n) is 18.1. The minimum atomic E-state index is -1.46. The van der Waals surface area contributed by atoms with E-state index in [0.29, 0.717) is 48.7 Å². The molecule has 5 rings (SSSR count). The van der Waals surface area contributed by atoms with Crippen LogP contribution in [0, 0.1) is 0 Å². The van der Waals surface area contributed by atoms with Gasteiger partial charge in [0.1, 0.15) is 31.6 Å². The van der Waals surface area contributed by atoms with Crippen molar-refractivity contribution in [3.8, 4) is 11.3 Å². The smallest absolute Gasteiger partial charge is 0.338 e. The van der Waals surface area contributed by atoms with Gasteiger partial charge < -0.3 is 33.9 Å². The number of hydrogen-bond acceptors (Lipinski definition) is 12. The minimum Gasteiger partial charge on any atom is -0.461 e. The first kappa shape index (κ1) is 42.0. The van der Waals surface area contributed by atoms with Crippen molar-refractivity contribution in [2.45, 2.75) is 32.3 Å². The van der Waals surface area contributed by atoms with Crippen LogP contribution < -0.4 is 10.2 Å². The van der Waals surface area contributed by atoms with Gasteiger partial charge in [-0.1, -0.05) is 115 Å². The van der Waals surface area contributed by atoms with Gasteiger partial charge in [-0.25, -0.2) is 19.6 Å². The molecule has 4 aromatic carbocycles. The van der Waals surface area contributed by atoms with Gasteiger partial charge in [0.2, 0.25) is 0 Å². The van der Waals surface area contributed by atoms with E-state index in [1.165, 1.54) is 0 Å². The average Bonchev–Trinajstić information content (AvgIpc) is 3.25. The minimum absolute atomic E-state index is 0.0316. The number of methoxy groups -OCH3 is 2. The van der Waals surface area contributed by atoms with E-state index >= 15 is 0 Å². The fourth-order valence-corrected chi connectivity index (χ4v) is 5.69. The molecule has 57 heavy (non-hydrogen) atoms. The highest BCUT2D eigenvalue weighted by molar-refractivity contribution is 6.32. The van der Waals surface area contributed by atoms with Crippen LogP contribution in [0.1, 0.15) is 44.0 Å². The lowest BCUT2D eigenvalue weighted by Crippen LogP contribution is -2.44. The van der Waals surface area contributed by atoms with Gasteiger partial charge >= 0.3 is 17.9 Å². The lowest BCUT2D eigenvalue weighted by atomic mass is 10.1. The van der Waals surface area contributed by atoms with Crippen LogP contribution >= 0.6 is 11.6 Å². The van der Waals surface area contributed by atoms with Crippen LogP contribution in [0.5, 0.6) is 0 Å². The molecule has 0 bridgehead atoms.